The van der Waals surface area contributed by atoms with Crippen molar-refractivity contribution < 1.29 is 9.90 Å². The van der Waals surface area contributed by atoms with Gasteiger partial charge in [-0.3, -0.25) is 4.79 Å². The summed E-state index contributed by atoms with van der Waals surface area (Å²) in [5.41, 5.74) is 2.84. The molecule has 3 heteroatoms. The number of phenolic OH excluding ortho intramolecular Hbond substituents is 1. The van der Waals surface area contributed by atoms with E-state index in [9.17, 15) is 9.90 Å². The van der Waals surface area contributed by atoms with Gasteiger partial charge in [-0.2, -0.15) is 0 Å². The number of phenols is 1. The van der Waals surface area contributed by atoms with Gasteiger partial charge in [0.05, 0.1) is 0 Å². The Labute approximate surface area is 105 Å². The number of hydrogen-bond donors (Lipinski definition) is 2. The van der Waals surface area contributed by atoms with Gasteiger partial charge < -0.3 is 5.11 Å². The maximum Gasteiger partial charge on any atom is 0.216 e. The molecule has 0 aromatic heterocycles. The van der Waals surface area contributed by atoms with Crippen molar-refractivity contribution in [1.82, 2.24) is 0 Å². The predicted octanol–water partition coefficient (Wildman–Crippen LogP) is 3.05. The molecule has 0 aliphatic rings. The molecule has 2 nitrogen and oxygen atoms in total. The minimum Gasteiger partial charge on any atom is -0.508 e. The number of rotatable bonds is 3. The van der Waals surface area contributed by atoms with Crippen LogP contribution >= 0.6 is 12.6 Å². The number of carbonyl (C=O) groups excluding carboxylic acids is 1. The second kappa shape index (κ2) is 5.06. The van der Waals surface area contributed by atoms with Crippen molar-refractivity contribution in [3.8, 4) is 5.75 Å². The molecule has 0 fully saturated rings. The Hall–Kier alpha value is -1.74. The van der Waals surface area contributed by atoms with E-state index in [1.807, 2.05) is 24.3 Å². The summed E-state index contributed by atoms with van der Waals surface area (Å²) < 4.78 is 0. The van der Waals surface area contributed by atoms with Crippen LogP contribution in [0.2, 0.25) is 0 Å². The van der Waals surface area contributed by atoms with Crippen molar-refractivity contribution in [3.05, 3.63) is 65.2 Å². The van der Waals surface area contributed by atoms with E-state index in [1.165, 1.54) is 0 Å². The van der Waals surface area contributed by atoms with E-state index in [-0.39, 0.29) is 10.9 Å². The third-order valence-electron chi connectivity index (χ3n) is 2.55. The normalized spacial score (nSPS) is 10.2. The fraction of sp³-hybridized carbons (Fsp3) is 0.0714. The Kier molecular flexibility index (Phi) is 3.49. The van der Waals surface area contributed by atoms with Crippen molar-refractivity contribution in [2.45, 2.75) is 6.42 Å². The van der Waals surface area contributed by atoms with Crippen LogP contribution in [0.5, 0.6) is 5.75 Å². The van der Waals surface area contributed by atoms with Gasteiger partial charge in [-0.05, 0) is 29.7 Å². The van der Waals surface area contributed by atoms with Gasteiger partial charge in [-0.1, -0.05) is 36.4 Å². The first-order valence-electron chi connectivity index (χ1n) is 5.25. The summed E-state index contributed by atoms with van der Waals surface area (Å²) in [7, 11) is 0. The van der Waals surface area contributed by atoms with Crippen LogP contribution in [0.15, 0.2) is 48.5 Å². The van der Waals surface area contributed by atoms with Gasteiger partial charge in [-0.15, -0.1) is 12.6 Å². The lowest BCUT2D eigenvalue weighted by molar-refractivity contribution is 0.109. The third-order valence-corrected chi connectivity index (χ3v) is 2.80. The standard InChI is InChI=1S/C14H12O2S/c15-13-7-3-11(4-8-13)9-10-1-5-12(6-2-10)14(16)17/h1-8,15H,9H2,(H,16,17). The number of benzene rings is 2. The number of carbonyl (C=O) groups is 1. The van der Waals surface area contributed by atoms with Crippen LogP contribution in [0.4, 0.5) is 0 Å². The lowest BCUT2D eigenvalue weighted by Gasteiger charge is -2.03. The van der Waals surface area contributed by atoms with E-state index in [0.29, 0.717) is 5.56 Å². The minimum absolute atomic E-state index is 0.221. The highest BCUT2D eigenvalue weighted by Gasteiger charge is 2.01. The average molecular weight is 244 g/mol. The maximum absolute atomic E-state index is 11.0. The first-order valence-corrected chi connectivity index (χ1v) is 5.70. The molecule has 2 aromatic carbocycles. The molecular weight excluding hydrogens is 232 g/mol. The molecule has 0 amide bonds. The molecule has 0 bridgehead atoms. The minimum atomic E-state index is -0.221. The van der Waals surface area contributed by atoms with Crippen LogP contribution in [0, 0.1) is 0 Å². The molecule has 0 unspecified atom stereocenters. The molecule has 0 atom stereocenters. The zero-order valence-corrected chi connectivity index (χ0v) is 10.0. The van der Waals surface area contributed by atoms with E-state index in [0.717, 1.165) is 17.5 Å². The summed E-state index contributed by atoms with van der Waals surface area (Å²) in [6, 6.07) is 14.5. The summed E-state index contributed by atoms with van der Waals surface area (Å²) in [6.45, 7) is 0. The molecule has 1 N–H and O–H groups in total. The predicted molar refractivity (Wildman–Crippen MR) is 70.7 cm³/mol. The van der Waals surface area contributed by atoms with Gasteiger partial charge in [-0.25, -0.2) is 0 Å². The van der Waals surface area contributed by atoms with E-state index in [1.54, 1.807) is 24.3 Å². The van der Waals surface area contributed by atoms with E-state index in [2.05, 4.69) is 12.6 Å². The molecule has 86 valence electrons. The maximum atomic E-state index is 11.0. The largest absolute Gasteiger partial charge is 0.508 e. The van der Waals surface area contributed by atoms with Crippen molar-refractivity contribution in [3.63, 3.8) is 0 Å². The monoisotopic (exact) mass is 244 g/mol. The zero-order valence-electron chi connectivity index (χ0n) is 9.13. The van der Waals surface area contributed by atoms with Crippen molar-refractivity contribution in [1.29, 1.82) is 0 Å². The molecule has 2 rings (SSSR count). The summed E-state index contributed by atoms with van der Waals surface area (Å²) in [4.78, 5) is 11.0. The van der Waals surface area contributed by atoms with Gasteiger partial charge in [0.25, 0.3) is 0 Å². The van der Waals surface area contributed by atoms with E-state index in [4.69, 9.17) is 0 Å². The summed E-state index contributed by atoms with van der Waals surface area (Å²) >= 11 is 3.77. The first-order chi connectivity index (χ1) is 8.15. The smallest absolute Gasteiger partial charge is 0.216 e. The first kappa shape index (κ1) is 11.7. The zero-order chi connectivity index (χ0) is 12.3. The van der Waals surface area contributed by atoms with Crippen LogP contribution in [0.25, 0.3) is 0 Å². The highest BCUT2D eigenvalue weighted by atomic mass is 32.1. The molecule has 0 radical (unpaired) electrons. The van der Waals surface area contributed by atoms with Crippen LogP contribution in [-0.2, 0) is 6.42 Å². The van der Waals surface area contributed by atoms with Gasteiger partial charge in [0.1, 0.15) is 5.75 Å². The van der Waals surface area contributed by atoms with E-state index < -0.39 is 0 Å². The summed E-state index contributed by atoms with van der Waals surface area (Å²) in [6.07, 6.45) is 0.779. The lowest BCUT2D eigenvalue weighted by Crippen LogP contribution is -1.91. The third kappa shape index (κ3) is 3.11. The Bertz CT molecular complexity index is 515. The molecule has 0 spiro atoms. The Morgan fingerprint density at radius 2 is 1.41 bits per heavy atom. The summed E-state index contributed by atoms with van der Waals surface area (Å²) in [5.74, 6) is 0.268. The summed E-state index contributed by atoms with van der Waals surface area (Å²) in [5, 5.41) is 8.95. The van der Waals surface area contributed by atoms with Crippen LogP contribution in [0.3, 0.4) is 0 Å². The molecule has 0 saturated heterocycles. The molecule has 0 aliphatic carbocycles. The second-order valence-corrected chi connectivity index (χ2v) is 4.25. The Morgan fingerprint density at radius 3 is 1.88 bits per heavy atom. The van der Waals surface area contributed by atoms with Gasteiger partial charge in [0, 0.05) is 5.56 Å². The molecule has 17 heavy (non-hydrogen) atoms. The molecule has 2 aromatic rings. The van der Waals surface area contributed by atoms with Crippen molar-refractivity contribution in [2.24, 2.45) is 0 Å². The van der Waals surface area contributed by atoms with Crippen molar-refractivity contribution in [2.75, 3.05) is 0 Å². The Morgan fingerprint density at radius 1 is 0.941 bits per heavy atom. The van der Waals surface area contributed by atoms with E-state index >= 15 is 0 Å². The highest BCUT2D eigenvalue weighted by Crippen LogP contribution is 2.15. The Balaban J connectivity index is 2.13. The second-order valence-electron chi connectivity index (χ2n) is 3.85. The fourth-order valence-electron chi connectivity index (χ4n) is 1.61. The van der Waals surface area contributed by atoms with Crippen LogP contribution < -0.4 is 0 Å². The SMILES string of the molecule is O=C(S)c1ccc(Cc2ccc(O)cc2)cc1. The molecule has 0 saturated carbocycles. The van der Waals surface area contributed by atoms with Gasteiger partial charge >= 0.3 is 0 Å². The van der Waals surface area contributed by atoms with Crippen LogP contribution in [-0.4, -0.2) is 10.2 Å². The number of hydrogen-bond acceptors (Lipinski definition) is 2. The molecule has 0 heterocycles. The van der Waals surface area contributed by atoms with Gasteiger partial charge in [0.15, 0.2) is 0 Å². The van der Waals surface area contributed by atoms with Gasteiger partial charge in [0.2, 0.25) is 5.12 Å². The molecular formula is C14H12O2S. The average Bonchev–Trinajstić information content (AvgIpc) is 2.33. The highest BCUT2D eigenvalue weighted by molar-refractivity contribution is 7.97. The quantitative estimate of drug-likeness (QED) is 0.814. The molecule has 0 aliphatic heterocycles. The van der Waals surface area contributed by atoms with Crippen molar-refractivity contribution >= 4 is 17.7 Å². The fourth-order valence-corrected chi connectivity index (χ4v) is 1.76. The number of aromatic hydroxyl groups is 1. The number of thiol groups is 1. The lowest BCUT2D eigenvalue weighted by atomic mass is 10.0. The van der Waals surface area contributed by atoms with Crippen LogP contribution in [0.1, 0.15) is 21.5 Å². The topological polar surface area (TPSA) is 37.3 Å².